The number of fused-ring (bicyclic) bond motifs is 2. The number of nitrogens with one attached hydrogen (secondary N) is 1. The number of carbonyl (C=O) groups is 1. The molecule has 27 heavy (non-hydrogen) atoms. The largest absolute Gasteiger partial charge is 0.490 e. The summed E-state index contributed by atoms with van der Waals surface area (Å²) in [6.45, 7) is 2.22. The zero-order valence-corrected chi connectivity index (χ0v) is 15.7. The summed E-state index contributed by atoms with van der Waals surface area (Å²) >= 11 is 6.32. The number of nitrogens with two attached hydrogens (primary N) is 1. The van der Waals surface area contributed by atoms with E-state index in [1.807, 2.05) is 18.2 Å². The number of ether oxygens (including phenoxy) is 2. The number of carbonyl (C=O) groups excluding carboxylic acids is 1. The molecule has 2 aliphatic heterocycles. The number of nitrogen functional groups attached to an aromatic ring is 1. The molecule has 0 unspecified atom stereocenters. The van der Waals surface area contributed by atoms with Crippen molar-refractivity contribution in [1.82, 2.24) is 0 Å². The molecule has 0 fully saturated rings. The fourth-order valence-corrected chi connectivity index (χ4v) is 3.74. The number of nitrogens with zero attached hydrogens (tertiary/aromatic N) is 1. The van der Waals surface area contributed by atoms with Crippen LogP contribution in [0.3, 0.4) is 0 Å². The van der Waals surface area contributed by atoms with Crippen LogP contribution in [0.25, 0.3) is 0 Å². The minimum atomic E-state index is -0.137. The van der Waals surface area contributed by atoms with Gasteiger partial charge in [0.15, 0.2) is 11.5 Å². The second-order valence-electron chi connectivity index (χ2n) is 6.75. The molecule has 1 amide bonds. The summed E-state index contributed by atoms with van der Waals surface area (Å²) in [5.41, 5.74) is 9.53. The SMILES string of the molecule is Nc1cccc2c1CCCN2CC(=O)Nc1cc2c(cc1Cl)OCCCO2. The molecule has 0 atom stereocenters. The molecule has 2 heterocycles. The first-order valence-electron chi connectivity index (χ1n) is 9.13. The number of halogens is 1. The van der Waals surface area contributed by atoms with Crippen LogP contribution in [-0.4, -0.2) is 32.2 Å². The fourth-order valence-electron chi connectivity index (χ4n) is 3.53. The maximum Gasteiger partial charge on any atom is 0.243 e. The molecule has 142 valence electrons. The minimum Gasteiger partial charge on any atom is -0.490 e. The monoisotopic (exact) mass is 387 g/mol. The van der Waals surface area contributed by atoms with Gasteiger partial charge >= 0.3 is 0 Å². The Bertz CT molecular complexity index is 872. The number of amides is 1. The molecule has 0 saturated carbocycles. The maximum atomic E-state index is 12.6. The van der Waals surface area contributed by atoms with Gasteiger partial charge in [0, 0.05) is 36.5 Å². The Balaban J connectivity index is 1.49. The van der Waals surface area contributed by atoms with Crippen LogP contribution in [0.5, 0.6) is 11.5 Å². The molecule has 0 radical (unpaired) electrons. The van der Waals surface area contributed by atoms with Crippen molar-refractivity contribution < 1.29 is 14.3 Å². The van der Waals surface area contributed by atoms with Crippen LogP contribution >= 0.6 is 11.6 Å². The highest BCUT2D eigenvalue weighted by Gasteiger charge is 2.21. The molecule has 2 aromatic rings. The van der Waals surface area contributed by atoms with Crippen molar-refractivity contribution in [3.05, 3.63) is 40.9 Å². The lowest BCUT2D eigenvalue weighted by atomic mass is 10.00. The Morgan fingerprint density at radius 2 is 1.96 bits per heavy atom. The molecular weight excluding hydrogens is 366 g/mol. The summed E-state index contributed by atoms with van der Waals surface area (Å²) in [6.07, 6.45) is 2.72. The van der Waals surface area contributed by atoms with Gasteiger partial charge in [-0.25, -0.2) is 0 Å². The van der Waals surface area contributed by atoms with E-state index in [-0.39, 0.29) is 12.5 Å². The van der Waals surface area contributed by atoms with Crippen molar-refractivity contribution in [1.29, 1.82) is 0 Å². The third-order valence-corrected chi connectivity index (χ3v) is 5.14. The molecule has 3 N–H and O–H groups in total. The molecule has 0 aromatic heterocycles. The highest BCUT2D eigenvalue weighted by atomic mass is 35.5. The van der Waals surface area contributed by atoms with Gasteiger partial charge in [0.2, 0.25) is 5.91 Å². The topological polar surface area (TPSA) is 76.8 Å². The Morgan fingerprint density at radius 3 is 2.78 bits per heavy atom. The maximum absolute atomic E-state index is 12.6. The quantitative estimate of drug-likeness (QED) is 0.788. The van der Waals surface area contributed by atoms with Crippen LogP contribution in [-0.2, 0) is 11.2 Å². The average molecular weight is 388 g/mol. The Labute approximate surface area is 163 Å². The molecule has 7 heteroatoms. The number of hydrogen-bond donors (Lipinski definition) is 2. The molecule has 0 bridgehead atoms. The van der Waals surface area contributed by atoms with E-state index in [0.717, 1.165) is 42.7 Å². The molecule has 0 spiro atoms. The molecule has 2 aliphatic rings. The number of anilines is 3. The Hall–Kier alpha value is -2.60. The van der Waals surface area contributed by atoms with Crippen molar-refractivity contribution in [2.45, 2.75) is 19.3 Å². The number of benzene rings is 2. The molecule has 4 rings (SSSR count). The third-order valence-electron chi connectivity index (χ3n) is 4.83. The predicted octanol–water partition coefficient (Wildman–Crippen LogP) is 3.47. The lowest BCUT2D eigenvalue weighted by Crippen LogP contribution is -2.37. The van der Waals surface area contributed by atoms with Gasteiger partial charge in [-0.3, -0.25) is 4.79 Å². The van der Waals surface area contributed by atoms with Crippen molar-refractivity contribution in [2.24, 2.45) is 0 Å². The van der Waals surface area contributed by atoms with E-state index in [1.165, 1.54) is 0 Å². The molecule has 6 nitrogen and oxygen atoms in total. The lowest BCUT2D eigenvalue weighted by molar-refractivity contribution is -0.115. The van der Waals surface area contributed by atoms with Crippen LogP contribution in [0.4, 0.5) is 17.1 Å². The van der Waals surface area contributed by atoms with Crippen molar-refractivity contribution >= 4 is 34.6 Å². The van der Waals surface area contributed by atoms with Gasteiger partial charge in [0.05, 0.1) is 30.5 Å². The second-order valence-corrected chi connectivity index (χ2v) is 7.15. The molecular formula is C20H22ClN3O3. The first kappa shape index (κ1) is 17.8. The predicted molar refractivity (Wildman–Crippen MR) is 107 cm³/mol. The van der Waals surface area contributed by atoms with E-state index < -0.39 is 0 Å². The highest BCUT2D eigenvalue weighted by molar-refractivity contribution is 6.34. The third kappa shape index (κ3) is 3.76. The van der Waals surface area contributed by atoms with E-state index in [0.29, 0.717) is 35.4 Å². The van der Waals surface area contributed by atoms with Gasteiger partial charge in [-0.1, -0.05) is 17.7 Å². The normalized spacial score (nSPS) is 15.7. The van der Waals surface area contributed by atoms with Crippen LogP contribution in [0.1, 0.15) is 18.4 Å². The first-order chi connectivity index (χ1) is 13.1. The molecule has 0 aliphatic carbocycles. The first-order valence-corrected chi connectivity index (χ1v) is 9.51. The van der Waals surface area contributed by atoms with Crippen LogP contribution in [0, 0.1) is 0 Å². The second kappa shape index (κ2) is 7.56. The summed E-state index contributed by atoms with van der Waals surface area (Å²) in [5.74, 6) is 1.07. The van der Waals surface area contributed by atoms with Crippen molar-refractivity contribution in [2.75, 3.05) is 42.3 Å². The lowest BCUT2D eigenvalue weighted by Gasteiger charge is -2.31. The van der Waals surface area contributed by atoms with Crippen molar-refractivity contribution in [3.63, 3.8) is 0 Å². The average Bonchev–Trinajstić information content (AvgIpc) is 2.88. The van der Waals surface area contributed by atoms with Gasteiger partial charge in [-0.15, -0.1) is 0 Å². The zero-order valence-electron chi connectivity index (χ0n) is 15.0. The van der Waals surface area contributed by atoms with E-state index >= 15 is 0 Å². The summed E-state index contributed by atoms with van der Waals surface area (Å²) in [7, 11) is 0. The standard InChI is InChI=1S/C20H22ClN3O3/c21-14-10-18-19(27-9-3-8-26-18)11-16(14)23-20(25)12-24-7-2-4-13-15(22)5-1-6-17(13)24/h1,5-6,10-11H,2-4,7-9,12,22H2,(H,23,25). The Kier molecular flexibility index (Phi) is 4.99. The van der Waals surface area contributed by atoms with E-state index in [9.17, 15) is 4.79 Å². The zero-order chi connectivity index (χ0) is 18.8. The number of hydrogen-bond acceptors (Lipinski definition) is 5. The van der Waals surface area contributed by atoms with Gasteiger partial charge in [0.1, 0.15) is 0 Å². The van der Waals surface area contributed by atoms with Gasteiger partial charge < -0.3 is 25.4 Å². The van der Waals surface area contributed by atoms with Gasteiger partial charge in [-0.05, 0) is 30.5 Å². The van der Waals surface area contributed by atoms with Crippen molar-refractivity contribution in [3.8, 4) is 11.5 Å². The van der Waals surface area contributed by atoms with Gasteiger partial charge in [0.25, 0.3) is 0 Å². The van der Waals surface area contributed by atoms with Crippen LogP contribution in [0.2, 0.25) is 5.02 Å². The van der Waals surface area contributed by atoms with Crippen LogP contribution < -0.4 is 25.4 Å². The van der Waals surface area contributed by atoms with Crippen LogP contribution in [0.15, 0.2) is 30.3 Å². The van der Waals surface area contributed by atoms with E-state index in [2.05, 4.69) is 10.2 Å². The summed E-state index contributed by atoms with van der Waals surface area (Å²) in [5, 5.41) is 3.32. The molecule has 2 aromatic carbocycles. The number of rotatable bonds is 3. The smallest absolute Gasteiger partial charge is 0.243 e. The van der Waals surface area contributed by atoms with E-state index in [4.69, 9.17) is 26.8 Å². The minimum absolute atomic E-state index is 0.137. The summed E-state index contributed by atoms with van der Waals surface area (Å²) in [6, 6.07) is 9.25. The van der Waals surface area contributed by atoms with E-state index in [1.54, 1.807) is 12.1 Å². The molecule has 0 saturated heterocycles. The summed E-state index contributed by atoms with van der Waals surface area (Å²) in [4.78, 5) is 14.7. The highest BCUT2D eigenvalue weighted by Crippen LogP contribution is 2.38. The summed E-state index contributed by atoms with van der Waals surface area (Å²) < 4.78 is 11.3. The Morgan fingerprint density at radius 1 is 1.19 bits per heavy atom. The van der Waals surface area contributed by atoms with Gasteiger partial charge in [-0.2, -0.15) is 0 Å². The fraction of sp³-hybridized carbons (Fsp3) is 0.350.